The van der Waals surface area contributed by atoms with Gasteiger partial charge in [-0.05, 0) is 65.1 Å². The van der Waals surface area contributed by atoms with Gasteiger partial charge in [0.05, 0.1) is 45.1 Å². The van der Waals surface area contributed by atoms with E-state index in [0.717, 1.165) is 43.6 Å². The quantitative estimate of drug-likeness (QED) is 0.154. The van der Waals surface area contributed by atoms with E-state index in [9.17, 15) is 10.5 Å². The van der Waals surface area contributed by atoms with E-state index in [1.165, 1.54) is 16.3 Å². The van der Waals surface area contributed by atoms with Crippen molar-refractivity contribution in [2.75, 3.05) is 0 Å². The van der Waals surface area contributed by atoms with Crippen LogP contribution in [0.4, 0.5) is 0 Å². The normalized spacial score (nSPS) is 13.0. The lowest BCUT2D eigenvalue weighted by atomic mass is 9.86. The fourth-order valence-corrected chi connectivity index (χ4v) is 6.62. The van der Waals surface area contributed by atoms with Crippen LogP contribution < -0.4 is 0 Å². The number of hydrogen-bond donors (Lipinski definition) is 0. The lowest BCUT2D eigenvalue weighted by molar-refractivity contribution is 0.591. The number of allylic oxidation sites excluding steroid dienone is 5. The Hall–Kier alpha value is -5.84. The molecule has 4 nitrogen and oxygen atoms in total. The van der Waals surface area contributed by atoms with Crippen LogP contribution >= 0.6 is 0 Å². The van der Waals surface area contributed by atoms with Crippen LogP contribution in [0.5, 0.6) is 0 Å². The average Bonchev–Trinajstić information content (AvgIpc) is 3.57. The fourth-order valence-electron chi connectivity index (χ4n) is 6.62. The molecule has 0 spiro atoms. The number of rotatable bonds is 4. The summed E-state index contributed by atoms with van der Waals surface area (Å²) >= 11 is 0. The maximum absolute atomic E-state index is 10.7. The Kier molecular flexibility index (Phi) is 6.47. The molecule has 0 N–H and O–H groups in total. The molecule has 2 heterocycles. The maximum Gasteiger partial charge on any atom is 0.101 e. The molecule has 0 bridgehead atoms. The highest BCUT2D eigenvalue weighted by atomic mass is 15.1. The van der Waals surface area contributed by atoms with E-state index >= 15 is 0 Å². The Labute approximate surface area is 262 Å². The van der Waals surface area contributed by atoms with E-state index in [-0.39, 0.29) is 5.41 Å². The summed E-state index contributed by atoms with van der Waals surface area (Å²) < 4.78 is 4.32. The first-order chi connectivity index (χ1) is 21.7. The van der Waals surface area contributed by atoms with Crippen LogP contribution in [0, 0.1) is 22.7 Å². The maximum atomic E-state index is 10.7. The molecule has 45 heavy (non-hydrogen) atoms. The Morgan fingerprint density at radius 1 is 0.667 bits per heavy atom. The van der Waals surface area contributed by atoms with E-state index in [2.05, 4.69) is 121 Å². The molecule has 0 aliphatic carbocycles. The molecule has 0 saturated heterocycles. The van der Waals surface area contributed by atoms with Gasteiger partial charge in [0.1, 0.15) is 6.07 Å². The molecule has 0 fully saturated rings. The van der Waals surface area contributed by atoms with Gasteiger partial charge < -0.3 is 9.13 Å². The lowest BCUT2D eigenvalue weighted by Gasteiger charge is -2.21. The zero-order valence-corrected chi connectivity index (χ0v) is 25.9. The predicted octanol–water partition coefficient (Wildman–Crippen LogP) is 10.7. The molecule has 0 aliphatic rings. The number of para-hydroxylation sites is 2. The third-order valence-corrected chi connectivity index (χ3v) is 8.78. The SMILES string of the molecule is C=C(/C(=C(C#N)\C=C(/C)C#N)n1c2ccccc2c2ccccc21)n1c2ccc(C(C)(C)C)cc2c2c3ccccc3ccc21. The van der Waals surface area contributed by atoms with Gasteiger partial charge in [0.15, 0.2) is 0 Å². The third-order valence-electron chi connectivity index (χ3n) is 8.78. The molecule has 4 heteroatoms. The number of nitrogens with zero attached hydrogens (tertiary/aromatic N) is 4. The molecule has 2 aromatic heterocycles. The Bertz CT molecular complexity index is 2460. The summed E-state index contributed by atoms with van der Waals surface area (Å²) in [6.45, 7) is 13.2. The minimum absolute atomic E-state index is 0.0359. The number of nitriles is 2. The van der Waals surface area contributed by atoms with Crippen molar-refractivity contribution in [3.8, 4) is 12.1 Å². The molecule has 0 saturated carbocycles. The van der Waals surface area contributed by atoms with Gasteiger partial charge in [0.2, 0.25) is 0 Å². The van der Waals surface area contributed by atoms with E-state index < -0.39 is 0 Å². The second-order valence-electron chi connectivity index (χ2n) is 12.6. The number of benzene rings is 5. The van der Waals surface area contributed by atoms with Gasteiger partial charge in [0.25, 0.3) is 0 Å². The molecule has 0 aliphatic heterocycles. The Balaban J connectivity index is 1.66. The van der Waals surface area contributed by atoms with Crippen molar-refractivity contribution >= 4 is 65.8 Å². The largest absolute Gasteiger partial charge is 0.308 e. The van der Waals surface area contributed by atoms with E-state index in [4.69, 9.17) is 6.58 Å². The molecule has 0 unspecified atom stereocenters. The van der Waals surface area contributed by atoms with E-state index in [1.54, 1.807) is 13.0 Å². The third kappa shape index (κ3) is 4.35. The molecule has 216 valence electrons. The summed E-state index contributed by atoms with van der Waals surface area (Å²) in [6, 6.07) is 40.6. The summed E-state index contributed by atoms with van der Waals surface area (Å²) in [5.74, 6) is 0. The molecule has 7 aromatic rings. The molecular weight excluding hydrogens is 548 g/mol. The zero-order chi connectivity index (χ0) is 31.5. The van der Waals surface area contributed by atoms with Crippen molar-refractivity contribution < 1.29 is 0 Å². The van der Waals surface area contributed by atoms with Crippen LogP contribution in [0.3, 0.4) is 0 Å². The van der Waals surface area contributed by atoms with Gasteiger partial charge in [-0.1, -0.05) is 100 Å². The van der Waals surface area contributed by atoms with Crippen molar-refractivity contribution in [1.29, 1.82) is 10.5 Å². The first-order valence-corrected chi connectivity index (χ1v) is 15.1. The van der Waals surface area contributed by atoms with Gasteiger partial charge in [-0.3, -0.25) is 0 Å². The molecule has 0 amide bonds. The zero-order valence-electron chi connectivity index (χ0n) is 25.9. The minimum atomic E-state index is -0.0359. The van der Waals surface area contributed by atoms with Crippen LogP contribution in [0.2, 0.25) is 0 Å². The van der Waals surface area contributed by atoms with Crippen LogP contribution in [0.15, 0.2) is 127 Å². The topological polar surface area (TPSA) is 57.4 Å². The van der Waals surface area contributed by atoms with E-state index in [1.807, 2.05) is 24.3 Å². The van der Waals surface area contributed by atoms with Crippen molar-refractivity contribution in [2.45, 2.75) is 33.1 Å². The highest BCUT2D eigenvalue weighted by molar-refractivity contribution is 6.23. The Morgan fingerprint density at radius 2 is 1.24 bits per heavy atom. The molecule has 5 aromatic carbocycles. The van der Waals surface area contributed by atoms with Crippen LogP contribution in [0.25, 0.3) is 65.8 Å². The van der Waals surface area contributed by atoms with Crippen molar-refractivity contribution in [1.82, 2.24) is 9.13 Å². The van der Waals surface area contributed by atoms with Crippen molar-refractivity contribution in [3.63, 3.8) is 0 Å². The second-order valence-corrected chi connectivity index (χ2v) is 12.6. The average molecular weight is 581 g/mol. The number of aromatic nitrogens is 2. The van der Waals surface area contributed by atoms with Crippen LogP contribution in [0.1, 0.15) is 33.3 Å². The number of hydrogen-bond acceptors (Lipinski definition) is 2. The van der Waals surface area contributed by atoms with Gasteiger partial charge in [-0.2, -0.15) is 10.5 Å². The minimum Gasteiger partial charge on any atom is -0.308 e. The summed E-state index contributed by atoms with van der Waals surface area (Å²) in [5, 5.41) is 27.2. The summed E-state index contributed by atoms with van der Waals surface area (Å²) in [7, 11) is 0. The predicted molar refractivity (Wildman–Crippen MR) is 189 cm³/mol. The Morgan fingerprint density at radius 3 is 1.87 bits per heavy atom. The van der Waals surface area contributed by atoms with Gasteiger partial charge in [-0.15, -0.1) is 0 Å². The fraction of sp³-hybridized carbons (Fsp3) is 0.122. The standard InChI is InChI=1S/C41H32N4/c1-26(24-42)22-29(25-43)40(45-35-16-10-8-14-32(35)33-15-9-11-17-36(33)45)27(2)44-37-21-19-30(41(3,4)5)23-34(37)39-31-13-7-6-12-28(31)18-20-38(39)44/h6-23H,2H2,1,3-5H3/b26-22+,40-29-. The van der Waals surface area contributed by atoms with Gasteiger partial charge in [-0.25, -0.2) is 0 Å². The van der Waals surface area contributed by atoms with Crippen LogP contribution in [-0.2, 0) is 5.41 Å². The molecular formula is C41H32N4. The summed E-state index contributed by atoms with van der Waals surface area (Å²) in [5.41, 5.74) is 7.26. The lowest BCUT2D eigenvalue weighted by Crippen LogP contribution is -2.11. The molecule has 0 radical (unpaired) electrons. The van der Waals surface area contributed by atoms with Gasteiger partial charge >= 0.3 is 0 Å². The summed E-state index contributed by atoms with van der Waals surface area (Å²) in [4.78, 5) is 0. The molecule has 7 rings (SSSR count). The first kappa shape index (κ1) is 28.0. The summed E-state index contributed by atoms with van der Waals surface area (Å²) in [6.07, 6.45) is 1.67. The van der Waals surface area contributed by atoms with Crippen molar-refractivity contribution in [3.05, 3.63) is 132 Å². The van der Waals surface area contributed by atoms with Crippen LogP contribution in [-0.4, -0.2) is 9.13 Å². The van der Waals surface area contributed by atoms with Gasteiger partial charge in [0, 0.05) is 27.1 Å². The smallest absolute Gasteiger partial charge is 0.101 e. The second kappa shape index (κ2) is 10.4. The van der Waals surface area contributed by atoms with E-state index in [0.29, 0.717) is 22.5 Å². The van der Waals surface area contributed by atoms with Crippen molar-refractivity contribution in [2.24, 2.45) is 0 Å². The highest BCUT2D eigenvalue weighted by Gasteiger charge is 2.24. The monoisotopic (exact) mass is 580 g/mol. The first-order valence-electron chi connectivity index (χ1n) is 15.1. The number of fused-ring (bicyclic) bond motifs is 8. The highest BCUT2D eigenvalue weighted by Crippen LogP contribution is 2.43. The molecule has 0 atom stereocenters.